The fourth-order valence-corrected chi connectivity index (χ4v) is 3.57. The minimum absolute atomic E-state index is 0.0824. The van der Waals surface area contributed by atoms with Crippen molar-refractivity contribution in [3.63, 3.8) is 0 Å². The minimum atomic E-state index is -0.0824. The number of amides is 1. The topological polar surface area (TPSA) is 72.4 Å². The van der Waals surface area contributed by atoms with Crippen LogP contribution in [0.4, 0.5) is 5.69 Å². The van der Waals surface area contributed by atoms with E-state index in [0.29, 0.717) is 23.4 Å². The molecule has 0 saturated heterocycles. The van der Waals surface area contributed by atoms with Gasteiger partial charge in [-0.1, -0.05) is 45.9 Å². The van der Waals surface area contributed by atoms with Crippen LogP contribution in [0.25, 0.3) is 11.5 Å². The molecule has 1 amide bonds. The van der Waals surface area contributed by atoms with E-state index in [1.807, 2.05) is 60.7 Å². The van der Waals surface area contributed by atoms with Crippen LogP contribution in [0.1, 0.15) is 5.76 Å². The Bertz CT molecular complexity index is 1070. The third-order valence-corrected chi connectivity index (χ3v) is 5.41. The Kier molecular flexibility index (Phi) is 6.12. The fourth-order valence-electron chi connectivity index (χ4n) is 2.67. The summed E-state index contributed by atoms with van der Waals surface area (Å²) in [6, 6.07) is 20.7. The van der Waals surface area contributed by atoms with Crippen LogP contribution in [0.5, 0.6) is 0 Å². The first-order valence-electron chi connectivity index (χ1n) is 8.79. The van der Waals surface area contributed by atoms with Crippen molar-refractivity contribution < 1.29 is 13.6 Å². The maximum atomic E-state index is 12.9. The summed E-state index contributed by atoms with van der Waals surface area (Å²) < 4.78 is 12.1. The molecule has 146 valence electrons. The number of halogens is 1. The van der Waals surface area contributed by atoms with Gasteiger partial charge in [-0.3, -0.25) is 4.79 Å². The minimum Gasteiger partial charge on any atom is -0.467 e. The number of rotatable bonds is 7. The van der Waals surface area contributed by atoms with Gasteiger partial charge >= 0.3 is 0 Å². The average molecular weight is 470 g/mol. The lowest BCUT2D eigenvalue weighted by molar-refractivity contribution is -0.116. The van der Waals surface area contributed by atoms with Crippen LogP contribution in [0.15, 0.2) is 91.5 Å². The SMILES string of the molecule is O=C(CSc1nnc(-c2ccc(Br)cc2)o1)N(Cc1ccco1)c1ccccc1. The van der Waals surface area contributed by atoms with E-state index in [0.717, 1.165) is 15.7 Å². The number of para-hydroxylation sites is 1. The lowest BCUT2D eigenvalue weighted by Crippen LogP contribution is -2.31. The van der Waals surface area contributed by atoms with Gasteiger partial charge in [-0.25, -0.2) is 0 Å². The Balaban J connectivity index is 1.45. The molecule has 0 bridgehead atoms. The zero-order valence-electron chi connectivity index (χ0n) is 15.2. The fraction of sp³-hybridized carbons (Fsp3) is 0.0952. The number of furan rings is 1. The molecule has 0 unspecified atom stereocenters. The second-order valence-corrected chi connectivity index (χ2v) is 7.91. The number of hydrogen-bond donors (Lipinski definition) is 0. The van der Waals surface area contributed by atoms with Crippen molar-refractivity contribution in [2.45, 2.75) is 11.8 Å². The summed E-state index contributed by atoms with van der Waals surface area (Å²) in [6.07, 6.45) is 1.60. The summed E-state index contributed by atoms with van der Waals surface area (Å²) >= 11 is 4.61. The summed E-state index contributed by atoms with van der Waals surface area (Å²) in [6.45, 7) is 0.352. The Labute approximate surface area is 180 Å². The highest BCUT2D eigenvalue weighted by Crippen LogP contribution is 2.26. The molecule has 0 aliphatic rings. The van der Waals surface area contributed by atoms with Crippen LogP contribution in [-0.2, 0) is 11.3 Å². The van der Waals surface area contributed by atoms with Crippen molar-refractivity contribution >= 4 is 39.3 Å². The molecule has 0 N–H and O–H groups in total. The molecule has 2 aromatic carbocycles. The molecule has 4 aromatic rings. The molecular formula is C21H16BrN3O3S. The zero-order chi connectivity index (χ0) is 20.1. The number of anilines is 1. The maximum Gasteiger partial charge on any atom is 0.277 e. The average Bonchev–Trinajstić information content (AvgIpc) is 3.44. The van der Waals surface area contributed by atoms with Crippen molar-refractivity contribution in [1.29, 1.82) is 0 Å². The summed E-state index contributed by atoms with van der Waals surface area (Å²) in [4.78, 5) is 14.6. The number of benzene rings is 2. The van der Waals surface area contributed by atoms with Crippen molar-refractivity contribution in [3.8, 4) is 11.5 Å². The molecule has 4 rings (SSSR count). The summed E-state index contributed by atoms with van der Waals surface area (Å²) in [5.74, 6) is 1.21. The molecule has 0 spiro atoms. The van der Waals surface area contributed by atoms with Gasteiger partial charge in [-0.2, -0.15) is 0 Å². The number of hydrogen-bond acceptors (Lipinski definition) is 6. The van der Waals surface area contributed by atoms with Crippen LogP contribution in [0.2, 0.25) is 0 Å². The largest absolute Gasteiger partial charge is 0.467 e. The molecule has 0 fully saturated rings. The van der Waals surface area contributed by atoms with Crippen LogP contribution in [-0.4, -0.2) is 21.9 Å². The third-order valence-electron chi connectivity index (χ3n) is 4.08. The van der Waals surface area contributed by atoms with Gasteiger partial charge in [0.15, 0.2) is 0 Å². The Morgan fingerprint density at radius 2 is 1.79 bits per heavy atom. The molecule has 2 aromatic heterocycles. The Morgan fingerprint density at radius 3 is 2.52 bits per heavy atom. The van der Waals surface area contributed by atoms with Crippen LogP contribution in [0, 0.1) is 0 Å². The molecule has 0 aliphatic carbocycles. The highest BCUT2D eigenvalue weighted by atomic mass is 79.9. The summed E-state index contributed by atoms with van der Waals surface area (Å²) in [5, 5.41) is 8.45. The van der Waals surface area contributed by atoms with E-state index in [9.17, 15) is 4.79 Å². The van der Waals surface area contributed by atoms with Gasteiger partial charge in [0.05, 0.1) is 18.6 Å². The van der Waals surface area contributed by atoms with Gasteiger partial charge < -0.3 is 13.7 Å². The first-order valence-corrected chi connectivity index (χ1v) is 10.6. The Hall–Kier alpha value is -2.84. The van der Waals surface area contributed by atoms with E-state index in [2.05, 4.69) is 26.1 Å². The van der Waals surface area contributed by atoms with Crippen molar-refractivity contribution in [2.24, 2.45) is 0 Å². The third kappa shape index (κ3) is 4.96. The molecule has 0 radical (unpaired) electrons. The highest BCUT2D eigenvalue weighted by molar-refractivity contribution is 9.10. The van der Waals surface area contributed by atoms with Crippen LogP contribution in [0.3, 0.4) is 0 Å². The van der Waals surface area contributed by atoms with E-state index in [-0.39, 0.29) is 11.7 Å². The number of carbonyl (C=O) groups is 1. The van der Waals surface area contributed by atoms with Crippen molar-refractivity contribution in [2.75, 3.05) is 10.7 Å². The van der Waals surface area contributed by atoms with E-state index >= 15 is 0 Å². The predicted molar refractivity (Wildman–Crippen MR) is 114 cm³/mol. The quantitative estimate of drug-likeness (QED) is 0.336. The van der Waals surface area contributed by atoms with Gasteiger partial charge in [0.25, 0.3) is 5.22 Å². The van der Waals surface area contributed by atoms with Gasteiger partial charge in [0.1, 0.15) is 5.76 Å². The monoisotopic (exact) mass is 469 g/mol. The normalized spacial score (nSPS) is 10.8. The zero-order valence-corrected chi connectivity index (χ0v) is 17.6. The van der Waals surface area contributed by atoms with Gasteiger partial charge in [-0.05, 0) is 48.5 Å². The van der Waals surface area contributed by atoms with E-state index in [1.165, 1.54) is 11.8 Å². The van der Waals surface area contributed by atoms with Gasteiger partial charge in [0.2, 0.25) is 11.8 Å². The molecule has 6 nitrogen and oxygen atoms in total. The lowest BCUT2D eigenvalue weighted by Gasteiger charge is -2.21. The number of aromatic nitrogens is 2. The lowest BCUT2D eigenvalue weighted by atomic mass is 10.2. The van der Waals surface area contributed by atoms with Gasteiger partial charge in [-0.15, -0.1) is 10.2 Å². The number of thioether (sulfide) groups is 1. The molecule has 2 heterocycles. The second kappa shape index (κ2) is 9.11. The maximum absolute atomic E-state index is 12.9. The predicted octanol–water partition coefficient (Wildman–Crippen LogP) is 5.42. The summed E-state index contributed by atoms with van der Waals surface area (Å²) in [7, 11) is 0. The highest BCUT2D eigenvalue weighted by Gasteiger charge is 2.19. The molecule has 0 atom stereocenters. The van der Waals surface area contributed by atoms with E-state index in [4.69, 9.17) is 8.83 Å². The molecular weight excluding hydrogens is 454 g/mol. The smallest absolute Gasteiger partial charge is 0.277 e. The summed E-state index contributed by atoms with van der Waals surface area (Å²) in [5.41, 5.74) is 1.62. The van der Waals surface area contributed by atoms with E-state index < -0.39 is 0 Å². The molecule has 8 heteroatoms. The van der Waals surface area contributed by atoms with Crippen LogP contribution < -0.4 is 4.90 Å². The van der Waals surface area contributed by atoms with Crippen molar-refractivity contribution in [1.82, 2.24) is 10.2 Å². The van der Waals surface area contributed by atoms with Crippen LogP contribution >= 0.6 is 27.7 Å². The van der Waals surface area contributed by atoms with Gasteiger partial charge in [0, 0.05) is 15.7 Å². The first kappa shape index (κ1) is 19.5. The number of nitrogens with zero attached hydrogens (tertiary/aromatic N) is 3. The van der Waals surface area contributed by atoms with Crippen molar-refractivity contribution in [3.05, 3.63) is 83.2 Å². The second-order valence-electron chi connectivity index (χ2n) is 6.06. The molecule has 0 aliphatic heterocycles. The van der Waals surface area contributed by atoms with E-state index in [1.54, 1.807) is 17.2 Å². The number of carbonyl (C=O) groups excluding carboxylic acids is 1. The molecule has 29 heavy (non-hydrogen) atoms. The first-order chi connectivity index (χ1) is 14.2. The molecule has 0 saturated carbocycles. The Morgan fingerprint density at radius 1 is 1.00 bits per heavy atom. The standard InChI is InChI=1S/C21H16BrN3O3S/c22-16-10-8-15(9-11-16)20-23-24-21(28-20)29-14-19(26)25(13-18-7-4-12-27-18)17-5-2-1-3-6-17/h1-12H,13-14H2.